The Labute approximate surface area is 137 Å². The molecule has 0 radical (unpaired) electrons. The van der Waals surface area contributed by atoms with Crippen molar-refractivity contribution in [3.63, 3.8) is 0 Å². The quantitative estimate of drug-likeness (QED) is 0.781. The minimum absolute atomic E-state index is 0.353. The van der Waals surface area contributed by atoms with Crippen molar-refractivity contribution in [3.8, 4) is 5.69 Å². The number of nitrogens with zero attached hydrogens (tertiary/aromatic N) is 2. The molecule has 0 saturated heterocycles. The number of carbonyl (C=O) groups is 1. The normalized spacial score (nSPS) is 10.6. The zero-order chi connectivity index (χ0) is 16.4. The Morgan fingerprint density at radius 2 is 1.96 bits per heavy atom. The van der Waals surface area contributed by atoms with E-state index in [1.165, 1.54) is 12.3 Å². The zero-order valence-corrected chi connectivity index (χ0v) is 13.0. The van der Waals surface area contributed by atoms with E-state index in [0.717, 1.165) is 5.69 Å². The van der Waals surface area contributed by atoms with Crippen LogP contribution in [-0.2, 0) is 0 Å². The average molecular weight is 330 g/mol. The van der Waals surface area contributed by atoms with Crippen LogP contribution in [0.2, 0.25) is 5.02 Å². The van der Waals surface area contributed by atoms with Gasteiger partial charge in [0, 0.05) is 16.9 Å². The molecule has 3 aromatic rings. The molecule has 1 N–H and O–H groups in total. The van der Waals surface area contributed by atoms with E-state index in [9.17, 15) is 9.18 Å². The van der Waals surface area contributed by atoms with Crippen LogP contribution in [0.15, 0.2) is 54.9 Å². The van der Waals surface area contributed by atoms with Crippen LogP contribution in [0.4, 0.5) is 10.1 Å². The first-order valence-corrected chi connectivity index (χ1v) is 7.29. The maximum Gasteiger partial charge on any atom is 0.258 e. The minimum atomic E-state index is -0.361. The molecule has 0 aliphatic carbocycles. The number of carbonyl (C=O) groups excluding carboxylic acids is 1. The Morgan fingerprint density at radius 1 is 1.22 bits per heavy atom. The summed E-state index contributed by atoms with van der Waals surface area (Å²) in [6.45, 7) is 1.66. The molecule has 6 heteroatoms. The first kappa shape index (κ1) is 15.2. The summed E-state index contributed by atoms with van der Waals surface area (Å²) in [6, 6.07) is 11.6. The molecule has 0 saturated carbocycles. The zero-order valence-electron chi connectivity index (χ0n) is 12.3. The molecule has 0 unspecified atom stereocenters. The lowest BCUT2D eigenvalue weighted by molar-refractivity contribution is 0.102. The molecule has 0 spiro atoms. The van der Waals surface area contributed by atoms with Gasteiger partial charge in [-0.15, -0.1) is 0 Å². The Morgan fingerprint density at radius 3 is 2.65 bits per heavy atom. The minimum Gasteiger partial charge on any atom is -0.322 e. The molecule has 4 nitrogen and oxygen atoms in total. The van der Waals surface area contributed by atoms with Crippen LogP contribution < -0.4 is 5.32 Å². The van der Waals surface area contributed by atoms with E-state index in [2.05, 4.69) is 10.4 Å². The van der Waals surface area contributed by atoms with Gasteiger partial charge in [0.15, 0.2) is 0 Å². The standard InChI is InChI=1S/C17H13ClFN3O/c1-11-2-5-14(8-16(11)19)21-17(23)12-9-20-22(10-12)15-6-3-13(18)4-7-15/h2-10H,1H3,(H,21,23). The van der Waals surface area contributed by atoms with Crippen molar-refractivity contribution in [2.45, 2.75) is 6.92 Å². The SMILES string of the molecule is Cc1ccc(NC(=O)c2cnn(-c3ccc(Cl)cc3)c2)cc1F. The van der Waals surface area contributed by atoms with E-state index in [0.29, 0.717) is 21.8 Å². The summed E-state index contributed by atoms with van der Waals surface area (Å²) in [5.41, 5.74) is 2.09. The summed E-state index contributed by atoms with van der Waals surface area (Å²) < 4.78 is 15.1. The van der Waals surface area contributed by atoms with Gasteiger partial charge in [-0.25, -0.2) is 9.07 Å². The summed E-state index contributed by atoms with van der Waals surface area (Å²) >= 11 is 5.84. The highest BCUT2D eigenvalue weighted by Gasteiger charge is 2.10. The van der Waals surface area contributed by atoms with Gasteiger partial charge in [-0.2, -0.15) is 5.10 Å². The molecule has 0 bridgehead atoms. The molecule has 116 valence electrons. The lowest BCUT2D eigenvalue weighted by Crippen LogP contribution is -2.11. The molecule has 1 heterocycles. The molecule has 0 atom stereocenters. The molecule has 2 aromatic carbocycles. The molecule has 0 fully saturated rings. The van der Waals surface area contributed by atoms with Crippen LogP contribution >= 0.6 is 11.6 Å². The number of rotatable bonds is 3. The lowest BCUT2D eigenvalue weighted by atomic mass is 10.2. The summed E-state index contributed by atoms with van der Waals surface area (Å²) in [6.07, 6.45) is 3.05. The highest BCUT2D eigenvalue weighted by atomic mass is 35.5. The van der Waals surface area contributed by atoms with Gasteiger partial charge in [-0.1, -0.05) is 17.7 Å². The predicted molar refractivity (Wildman–Crippen MR) is 87.7 cm³/mol. The van der Waals surface area contributed by atoms with Crippen LogP contribution in [-0.4, -0.2) is 15.7 Å². The van der Waals surface area contributed by atoms with E-state index in [4.69, 9.17) is 11.6 Å². The number of halogens is 2. The average Bonchev–Trinajstić information content (AvgIpc) is 3.02. The Bertz CT molecular complexity index is 859. The highest BCUT2D eigenvalue weighted by molar-refractivity contribution is 6.30. The van der Waals surface area contributed by atoms with Crippen molar-refractivity contribution >= 4 is 23.2 Å². The first-order valence-electron chi connectivity index (χ1n) is 6.91. The fourth-order valence-corrected chi connectivity index (χ4v) is 2.17. The van der Waals surface area contributed by atoms with Gasteiger partial charge >= 0.3 is 0 Å². The third kappa shape index (κ3) is 3.40. The Hall–Kier alpha value is -2.66. The number of hydrogen-bond donors (Lipinski definition) is 1. The van der Waals surface area contributed by atoms with Crippen molar-refractivity contribution < 1.29 is 9.18 Å². The van der Waals surface area contributed by atoms with Crippen molar-refractivity contribution in [1.29, 1.82) is 0 Å². The maximum absolute atomic E-state index is 13.5. The summed E-state index contributed by atoms with van der Waals surface area (Å²) in [4.78, 5) is 12.2. The van der Waals surface area contributed by atoms with E-state index in [1.54, 1.807) is 54.2 Å². The first-order chi connectivity index (χ1) is 11.0. The molecular formula is C17H13ClFN3O. The number of aryl methyl sites for hydroxylation is 1. The fourth-order valence-electron chi connectivity index (χ4n) is 2.05. The third-order valence-electron chi connectivity index (χ3n) is 3.37. The van der Waals surface area contributed by atoms with Crippen LogP contribution in [0.3, 0.4) is 0 Å². The van der Waals surface area contributed by atoms with Crippen LogP contribution in [0.1, 0.15) is 15.9 Å². The molecule has 0 aliphatic rings. The van der Waals surface area contributed by atoms with Crippen molar-refractivity contribution in [2.24, 2.45) is 0 Å². The summed E-state index contributed by atoms with van der Waals surface area (Å²) in [5.74, 6) is -0.715. The molecule has 1 aromatic heterocycles. The van der Waals surface area contributed by atoms with E-state index >= 15 is 0 Å². The van der Waals surface area contributed by atoms with Gasteiger partial charge in [-0.05, 0) is 48.9 Å². The smallest absolute Gasteiger partial charge is 0.258 e. The van der Waals surface area contributed by atoms with Gasteiger partial charge in [0.05, 0.1) is 17.4 Å². The Balaban J connectivity index is 1.78. The monoisotopic (exact) mass is 329 g/mol. The van der Waals surface area contributed by atoms with Crippen molar-refractivity contribution in [1.82, 2.24) is 9.78 Å². The number of anilines is 1. The topological polar surface area (TPSA) is 46.9 Å². The second-order valence-electron chi connectivity index (χ2n) is 5.07. The number of aromatic nitrogens is 2. The van der Waals surface area contributed by atoms with Crippen LogP contribution in [0, 0.1) is 12.7 Å². The van der Waals surface area contributed by atoms with E-state index < -0.39 is 0 Å². The van der Waals surface area contributed by atoms with E-state index in [1.807, 2.05) is 0 Å². The van der Waals surface area contributed by atoms with Gasteiger partial charge in [-0.3, -0.25) is 4.79 Å². The molecule has 3 rings (SSSR count). The Kier molecular flexibility index (Phi) is 4.12. The van der Waals surface area contributed by atoms with Gasteiger partial charge in [0.1, 0.15) is 5.82 Å². The van der Waals surface area contributed by atoms with E-state index in [-0.39, 0.29) is 11.7 Å². The van der Waals surface area contributed by atoms with Crippen molar-refractivity contribution in [2.75, 3.05) is 5.32 Å². The van der Waals surface area contributed by atoms with Gasteiger partial charge in [0.2, 0.25) is 0 Å². The van der Waals surface area contributed by atoms with Gasteiger partial charge in [0.25, 0.3) is 5.91 Å². The summed E-state index contributed by atoms with van der Waals surface area (Å²) in [7, 11) is 0. The number of hydrogen-bond acceptors (Lipinski definition) is 2. The van der Waals surface area contributed by atoms with Gasteiger partial charge < -0.3 is 5.32 Å². The highest BCUT2D eigenvalue weighted by Crippen LogP contribution is 2.16. The number of benzene rings is 2. The van der Waals surface area contributed by atoms with Crippen LogP contribution in [0.25, 0.3) is 5.69 Å². The molecule has 23 heavy (non-hydrogen) atoms. The maximum atomic E-state index is 13.5. The van der Waals surface area contributed by atoms with Crippen LogP contribution in [0.5, 0.6) is 0 Å². The largest absolute Gasteiger partial charge is 0.322 e. The molecule has 0 aliphatic heterocycles. The summed E-state index contributed by atoms with van der Waals surface area (Å²) in [5, 5.41) is 7.42. The second-order valence-corrected chi connectivity index (χ2v) is 5.50. The second kappa shape index (κ2) is 6.22. The third-order valence-corrected chi connectivity index (χ3v) is 3.62. The predicted octanol–water partition coefficient (Wildman–Crippen LogP) is 4.23. The molecule has 1 amide bonds. The lowest BCUT2D eigenvalue weighted by Gasteiger charge is -2.05. The fraction of sp³-hybridized carbons (Fsp3) is 0.0588. The molecular weight excluding hydrogens is 317 g/mol. The van der Waals surface area contributed by atoms with Crippen molar-refractivity contribution in [3.05, 3.63) is 76.8 Å². The number of amides is 1. The number of nitrogens with one attached hydrogen (secondary N) is 1.